The van der Waals surface area contributed by atoms with Gasteiger partial charge in [0.25, 0.3) is 0 Å². The minimum atomic E-state index is -3.91. The van der Waals surface area contributed by atoms with Crippen LogP contribution < -0.4 is 5.32 Å². The largest absolute Gasteiger partial charge is 0.467 e. The van der Waals surface area contributed by atoms with Gasteiger partial charge in [-0.05, 0) is 54.4 Å². The second-order valence-electron chi connectivity index (χ2n) is 6.75. The molecule has 0 aliphatic heterocycles. The second-order valence-corrected chi connectivity index (χ2v) is 9.02. The smallest absolute Gasteiger partial charge is 0.238 e. The zero-order valence-corrected chi connectivity index (χ0v) is 17.2. The molecule has 1 heterocycles. The van der Waals surface area contributed by atoms with Crippen LogP contribution in [0.1, 0.15) is 23.8 Å². The molecule has 0 spiro atoms. The fraction of sp³-hybridized carbons (Fsp3) is 0.227. The molecule has 0 radical (unpaired) electrons. The summed E-state index contributed by atoms with van der Waals surface area (Å²) >= 11 is 0. The van der Waals surface area contributed by atoms with Gasteiger partial charge in [0, 0.05) is 6.54 Å². The van der Waals surface area contributed by atoms with E-state index >= 15 is 0 Å². The van der Waals surface area contributed by atoms with Crippen molar-refractivity contribution >= 4 is 15.7 Å². The van der Waals surface area contributed by atoms with E-state index in [1.54, 1.807) is 12.3 Å². The molecule has 0 fully saturated rings. The van der Waals surface area contributed by atoms with E-state index in [1.807, 2.05) is 30.3 Å². The molecule has 0 aliphatic rings. The number of ether oxygens (including phenoxy) is 1. The van der Waals surface area contributed by atoms with Gasteiger partial charge in [0.05, 0.1) is 17.8 Å². The molecule has 0 saturated heterocycles. The normalized spacial score (nSPS) is 12.5. The number of carbonyl (C=O) groups is 1. The van der Waals surface area contributed by atoms with E-state index in [-0.39, 0.29) is 11.4 Å². The number of carbonyl (C=O) groups excluding carboxylic acids is 1. The van der Waals surface area contributed by atoms with E-state index in [1.165, 1.54) is 6.92 Å². The van der Waals surface area contributed by atoms with Crippen molar-refractivity contribution in [1.29, 1.82) is 0 Å². The highest BCUT2D eigenvalue weighted by atomic mass is 32.2. The lowest BCUT2D eigenvalue weighted by atomic mass is 10.1. The van der Waals surface area contributed by atoms with Gasteiger partial charge in [0.1, 0.15) is 23.4 Å². The third kappa shape index (κ3) is 5.55. The highest BCUT2D eigenvalue weighted by molar-refractivity contribution is 7.92. The van der Waals surface area contributed by atoms with Crippen molar-refractivity contribution in [2.24, 2.45) is 0 Å². The molecule has 30 heavy (non-hydrogen) atoms. The van der Waals surface area contributed by atoms with Gasteiger partial charge in [0.15, 0.2) is 9.84 Å². The van der Waals surface area contributed by atoms with Crippen molar-refractivity contribution in [1.82, 2.24) is 5.32 Å². The Morgan fingerprint density at radius 1 is 1.07 bits per heavy atom. The van der Waals surface area contributed by atoms with Crippen LogP contribution in [0, 0.1) is 5.82 Å². The predicted octanol–water partition coefficient (Wildman–Crippen LogP) is 3.61. The van der Waals surface area contributed by atoms with Crippen LogP contribution in [-0.4, -0.2) is 19.6 Å². The Morgan fingerprint density at radius 3 is 2.50 bits per heavy atom. The number of amides is 1. The molecule has 158 valence electrons. The Bertz CT molecular complexity index is 1080. The fourth-order valence-electron chi connectivity index (χ4n) is 2.80. The summed E-state index contributed by atoms with van der Waals surface area (Å²) in [5.74, 6) is -0.437. The molecule has 3 aromatic rings. The van der Waals surface area contributed by atoms with Crippen LogP contribution >= 0.6 is 0 Å². The number of hydrogen-bond acceptors (Lipinski definition) is 5. The lowest BCUT2D eigenvalue weighted by molar-refractivity contribution is -0.120. The average Bonchev–Trinajstić information content (AvgIpc) is 3.25. The molecule has 2 aromatic carbocycles. The molecule has 6 nitrogen and oxygen atoms in total. The minimum absolute atomic E-state index is 0.0951. The first-order valence-electron chi connectivity index (χ1n) is 9.31. The first kappa shape index (κ1) is 21.7. The third-order valence-electron chi connectivity index (χ3n) is 4.53. The van der Waals surface area contributed by atoms with Crippen molar-refractivity contribution in [3.8, 4) is 0 Å². The summed E-state index contributed by atoms with van der Waals surface area (Å²) in [6.07, 6.45) is 1.58. The van der Waals surface area contributed by atoms with Gasteiger partial charge < -0.3 is 14.5 Å². The monoisotopic (exact) mass is 431 g/mol. The maximum absolute atomic E-state index is 13.0. The number of furan rings is 1. The highest BCUT2D eigenvalue weighted by Crippen LogP contribution is 2.17. The van der Waals surface area contributed by atoms with Gasteiger partial charge in [-0.15, -0.1) is 0 Å². The molecule has 1 aromatic heterocycles. The first-order chi connectivity index (χ1) is 14.4. The van der Waals surface area contributed by atoms with E-state index in [0.29, 0.717) is 13.2 Å². The summed E-state index contributed by atoms with van der Waals surface area (Å²) in [6.45, 7) is 2.21. The molecule has 1 atom stereocenters. The van der Waals surface area contributed by atoms with Gasteiger partial charge >= 0.3 is 0 Å². The summed E-state index contributed by atoms with van der Waals surface area (Å²) in [5, 5.41) is 1.34. The quantitative estimate of drug-likeness (QED) is 0.523. The maximum atomic E-state index is 13.0. The number of halogens is 1. The van der Waals surface area contributed by atoms with Gasteiger partial charge in [-0.2, -0.15) is 0 Å². The molecule has 0 saturated carbocycles. The number of nitrogens with one attached hydrogen (secondary N) is 1. The molecule has 1 N–H and O–H groups in total. The highest BCUT2D eigenvalue weighted by Gasteiger charge is 2.29. The van der Waals surface area contributed by atoms with Crippen molar-refractivity contribution in [2.75, 3.05) is 0 Å². The van der Waals surface area contributed by atoms with Crippen LogP contribution in [0.3, 0.4) is 0 Å². The molecule has 1 amide bonds. The van der Waals surface area contributed by atoms with E-state index in [2.05, 4.69) is 5.32 Å². The van der Waals surface area contributed by atoms with E-state index < -0.39 is 26.8 Å². The van der Waals surface area contributed by atoms with Crippen LogP contribution in [0.4, 0.5) is 4.39 Å². The topological polar surface area (TPSA) is 85.6 Å². The Kier molecular flexibility index (Phi) is 7.02. The molecule has 0 bridgehead atoms. The Hall–Kier alpha value is -2.97. The van der Waals surface area contributed by atoms with Crippen LogP contribution in [0.15, 0.2) is 76.2 Å². The van der Waals surface area contributed by atoms with Crippen LogP contribution in [0.2, 0.25) is 0 Å². The number of hydrogen-bond donors (Lipinski definition) is 1. The van der Waals surface area contributed by atoms with Gasteiger partial charge in [-0.3, -0.25) is 4.79 Å². The summed E-state index contributed by atoms with van der Waals surface area (Å²) in [4.78, 5) is 12.3. The van der Waals surface area contributed by atoms with Gasteiger partial charge in [0.2, 0.25) is 5.91 Å². The van der Waals surface area contributed by atoms with Crippen molar-refractivity contribution in [2.45, 2.75) is 36.8 Å². The van der Waals surface area contributed by atoms with E-state index in [9.17, 15) is 17.6 Å². The summed E-state index contributed by atoms with van der Waals surface area (Å²) in [5.41, 5.74) is 1.73. The van der Waals surface area contributed by atoms with Crippen LogP contribution in [0.25, 0.3) is 0 Å². The second kappa shape index (κ2) is 9.69. The van der Waals surface area contributed by atoms with Crippen molar-refractivity contribution in [3.63, 3.8) is 0 Å². The van der Waals surface area contributed by atoms with Gasteiger partial charge in [-0.25, -0.2) is 12.8 Å². The minimum Gasteiger partial charge on any atom is -0.467 e. The Morgan fingerprint density at radius 2 is 1.80 bits per heavy atom. The Balaban J connectivity index is 1.55. The predicted molar refractivity (Wildman–Crippen MR) is 109 cm³/mol. The zero-order valence-electron chi connectivity index (χ0n) is 16.4. The van der Waals surface area contributed by atoms with Crippen molar-refractivity contribution in [3.05, 3.63) is 89.6 Å². The molecular formula is C22H22FNO5S. The molecule has 1 unspecified atom stereocenters. The van der Waals surface area contributed by atoms with Crippen LogP contribution in [0.5, 0.6) is 0 Å². The molecule has 8 heteroatoms. The van der Waals surface area contributed by atoms with Crippen LogP contribution in [-0.2, 0) is 39.1 Å². The van der Waals surface area contributed by atoms with Crippen molar-refractivity contribution < 1.29 is 26.8 Å². The summed E-state index contributed by atoms with van der Waals surface area (Å²) in [7, 11) is -3.91. The average molecular weight is 431 g/mol. The lowest BCUT2D eigenvalue weighted by Gasteiger charge is -2.14. The third-order valence-corrected chi connectivity index (χ3v) is 6.60. The number of rotatable bonds is 9. The SMILES string of the molecule is CC(C(=O)NCc1cccc(COCc2ccco2)c1)S(=O)(=O)c1ccc(F)cc1. The fourth-order valence-corrected chi connectivity index (χ4v) is 4.08. The maximum Gasteiger partial charge on any atom is 0.238 e. The molecule has 0 aliphatic carbocycles. The Labute approximate surface area is 174 Å². The number of benzene rings is 2. The summed E-state index contributed by atoms with van der Waals surface area (Å²) < 4.78 is 49.0. The molecule has 3 rings (SSSR count). The standard InChI is InChI=1S/C22H22FNO5S/c1-16(30(26,27)21-9-7-19(23)8-10-21)22(25)24-13-17-4-2-5-18(12-17)14-28-15-20-6-3-11-29-20/h2-12,16H,13-15H2,1H3,(H,24,25). The molecular weight excluding hydrogens is 409 g/mol. The first-order valence-corrected chi connectivity index (χ1v) is 10.9. The van der Waals surface area contributed by atoms with E-state index in [4.69, 9.17) is 9.15 Å². The van der Waals surface area contributed by atoms with Gasteiger partial charge in [-0.1, -0.05) is 24.3 Å². The zero-order chi connectivity index (χ0) is 21.6. The van der Waals surface area contributed by atoms with E-state index in [0.717, 1.165) is 41.2 Å². The number of sulfone groups is 1. The summed E-state index contributed by atoms with van der Waals surface area (Å²) in [6, 6.07) is 15.5. The lowest BCUT2D eigenvalue weighted by Crippen LogP contribution is -2.37.